The lowest BCUT2D eigenvalue weighted by atomic mass is 10.2. The van der Waals surface area contributed by atoms with Gasteiger partial charge in [0.05, 0.1) is 5.75 Å². The largest absolute Gasteiger partial charge is 0.399 e. The van der Waals surface area contributed by atoms with Crippen LogP contribution in [0.3, 0.4) is 0 Å². The number of carbonyl (C=O) groups excluding carboxylic acids is 1. The molecular formula is C14H21FN2OS. The van der Waals surface area contributed by atoms with Crippen molar-refractivity contribution < 1.29 is 9.18 Å². The van der Waals surface area contributed by atoms with E-state index in [1.165, 1.54) is 23.9 Å². The number of carbonyl (C=O) groups is 1. The molecule has 1 aromatic carbocycles. The van der Waals surface area contributed by atoms with Gasteiger partial charge in [-0.15, -0.1) is 11.8 Å². The maximum Gasteiger partial charge on any atom is 0.233 e. The van der Waals surface area contributed by atoms with Gasteiger partial charge in [-0.3, -0.25) is 4.79 Å². The molecule has 3 nitrogen and oxygen atoms in total. The summed E-state index contributed by atoms with van der Waals surface area (Å²) in [5, 5.41) is 0. The fourth-order valence-corrected chi connectivity index (χ4v) is 2.91. The first-order valence-corrected chi connectivity index (χ1v) is 7.30. The first kappa shape index (κ1) is 15.8. The Morgan fingerprint density at radius 1 is 1.26 bits per heavy atom. The lowest BCUT2D eigenvalue weighted by Gasteiger charge is -2.30. The standard InChI is InChI=1S/C14H21FN2OS/c1-9(2)17(10(3)4)14(18)8-19-13-6-11(15)5-12(16)7-13/h5-7,9-10H,8,16H2,1-4H3. The highest BCUT2D eigenvalue weighted by Gasteiger charge is 2.19. The van der Waals surface area contributed by atoms with Gasteiger partial charge in [0.15, 0.2) is 0 Å². The van der Waals surface area contributed by atoms with Gasteiger partial charge in [-0.25, -0.2) is 4.39 Å². The Labute approximate surface area is 118 Å². The summed E-state index contributed by atoms with van der Waals surface area (Å²) in [5.41, 5.74) is 5.95. The van der Waals surface area contributed by atoms with Crippen molar-refractivity contribution in [2.75, 3.05) is 11.5 Å². The van der Waals surface area contributed by atoms with E-state index in [4.69, 9.17) is 5.73 Å². The third-order valence-corrected chi connectivity index (χ3v) is 3.62. The lowest BCUT2D eigenvalue weighted by Crippen LogP contribution is -2.43. The van der Waals surface area contributed by atoms with E-state index in [9.17, 15) is 9.18 Å². The van der Waals surface area contributed by atoms with Crippen LogP contribution in [0.4, 0.5) is 10.1 Å². The van der Waals surface area contributed by atoms with Gasteiger partial charge in [0.1, 0.15) is 5.82 Å². The summed E-state index contributed by atoms with van der Waals surface area (Å²) in [6.45, 7) is 7.96. The molecule has 19 heavy (non-hydrogen) atoms. The van der Waals surface area contributed by atoms with Crippen molar-refractivity contribution in [3.05, 3.63) is 24.0 Å². The van der Waals surface area contributed by atoms with E-state index in [0.29, 0.717) is 16.3 Å². The fourth-order valence-electron chi connectivity index (χ4n) is 2.06. The average Bonchev–Trinajstić information content (AvgIpc) is 2.23. The third kappa shape index (κ3) is 4.74. The van der Waals surface area contributed by atoms with Gasteiger partial charge < -0.3 is 10.6 Å². The second-order valence-corrected chi connectivity index (χ2v) is 6.05. The SMILES string of the molecule is CC(C)N(C(=O)CSc1cc(N)cc(F)c1)C(C)C. The van der Waals surface area contributed by atoms with Crippen molar-refractivity contribution in [2.45, 2.75) is 44.7 Å². The van der Waals surface area contributed by atoms with Crippen LogP contribution in [-0.2, 0) is 4.79 Å². The quantitative estimate of drug-likeness (QED) is 0.667. The number of nitrogens with two attached hydrogens (primary N) is 1. The maximum atomic E-state index is 13.2. The predicted octanol–water partition coefficient (Wildman–Crippen LogP) is 3.15. The Bertz CT molecular complexity index is 421. The number of benzene rings is 1. The van der Waals surface area contributed by atoms with Crippen molar-refractivity contribution in [3.63, 3.8) is 0 Å². The molecule has 0 saturated heterocycles. The normalized spacial score (nSPS) is 11.1. The molecule has 1 rings (SSSR count). The highest BCUT2D eigenvalue weighted by atomic mass is 32.2. The van der Waals surface area contributed by atoms with E-state index >= 15 is 0 Å². The van der Waals surface area contributed by atoms with Gasteiger partial charge in [0.2, 0.25) is 5.91 Å². The molecule has 0 aromatic heterocycles. The Morgan fingerprint density at radius 3 is 2.32 bits per heavy atom. The lowest BCUT2D eigenvalue weighted by molar-refractivity contribution is -0.131. The molecule has 2 N–H and O–H groups in total. The van der Waals surface area contributed by atoms with Crippen LogP contribution >= 0.6 is 11.8 Å². The van der Waals surface area contributed by atoms with E-state index < -0.39 is 0 Å². The summed E-state index contributed by atoms with van der Waals surface area (Å²) in [4.78, 5) is 14.7. The van der Waals surface area contributed by atoms with Crippen molar-refractivity contribution in [1.29, 1.82) is 0 Å². The minimum Gasteiger partial charge on any atom is -0.399 e. The van der Waals surface area contributed by atoms with Crippen LogP contribution < -0.4 is 5.73 Å². The van der Waals surface area contributed by atoms with E-state index in [2.05, 4.69) is 0 Å². The van der Waals surface area contributed by atoms with Gasteiger partial charge in [-0.1, -0.05) is 0 Å². The van der Waals surface area contributed by atoms with Crippen LogP contribution in [0.5, 0.6) is 0 Å². The second kappa shape index (κ2) is 6.80. The third-order valence-electron chi connectivity index (χ3n) is 2.66. The molecule has 0 saturated carbocycles. The molecule has 5 heteroatoms. The van der Waals surface area contributed by atoms with Gasteiger partial charge in [-0.05, 0) is 45.9 Å². The number of amides is 1. The summed E-state index contributed by atoms with van der Waals surface area (Å²) in [6, 6.07) is 4.65. The van der Waals surface area contributed by atoms with E-state index in [0.717, 1.165) is 0 Å². The van der Waals surface area contributed by atoms with Crippen molar-refractivity contribution in [2.24, 2.45) is 0 Å². The smallest absolute Gasteiger partial charge is 0.233 e. The van der Waals surface area contributed by atoms with E-state index in [-0.39, 0.29) is 23.8 Å². The Balaban J connectivity index is 2.67. The number of hydrogen-bond donors (Lipinski definition) is 1. The predicted molar refractivity (Wildman–Crippen MR) is 78.7 cm³/mol. The van der Waals surface area contributed by atoms with Crippen LogP contribution in [0.25, 0.3) is 0 Å². The molecule has 0 spiro atoms. The zero-order valence-electron chi connectivity index (χ0n) is 11.8. The number of halogens is 1. The van der Waals surface area contributed by atoms with Crippen LogP contribution in [0.2, 0.25) is 0 Å². The monoisotopic (exact) mass is 284 g/mol. The number of rotatable bonds is 5. The molecule has 0 heterocycles. The van der Waals surface area contributed by atoms with Gasteiger partial charge in [-0.2, -0.15) is 0 Å². The van der Waals surface area contributed by atoms with Crippen molar-refractivity contribution in [3.8, 4) is 0 Å². The molecule has 0 aliphatic heterocycles. The summed E-state index contributed by atoms with van der Waals surface area (Å²) in [5.74, 6) is -0.0310. The minimum absolute atomic E-state index is 0.0535. The number of thioether (sulfide) groups is 1. The molecule has 0 aliphatic rings. The van der Waals surface area contributed by atoms with E-state index in [1.54, 1.807) is 6.07 Å². The summed E-state index contributed by atoms with van der Waals surface area (Å²) < 4.78 is 13.2. The van der Waals surface area contributed by atoms with Gasteiger partial charge >= 0.3 is 0 Å². The summed E-state index contributed by atoms with van der Waals surface area (Å²) in [6.07, 6.45) is 0. The molecule has 1 aromatic rings. The van der Waals surface area contributed by atoms with Crippen molar-refractivity contribution >= 4 is 23.4 Å². The summed E-state index contributed by atoms with van der Waals surface area (Å²) in [7, 11) is 0. The van der Waals surface area contributed by atoms with Gasteiger partial charge in [0, 0.05) is 22.7 Å². The topological polar surface area (TPSA) is 46.3 Å². The first-order valence-electron chi connectivity index (χ1n) is 6.31. The van der Waals surface area contributed by atoms with Crippen LogP contribution in [-0.4, -0.2) is 28.6 Å². The minimum atomic E-state index is -0.375. The molecule has 0 fully saturated rings. The number of anilines is 1. The Morgan fingerprint density at radius 2 is 1.84 bits per heavy atom. The summed E-state index contributed by atoms with van der Waals surface area (Å²) >= 11 is 1.31. The highest BCUT2D eigenvalue weighted by Crippen LogP contribution is 2.23. The maximum absolute atomic E-state index is 13.2. The number of hydrogen-bond acceptors (Lipinski definition) is 3. The highest BCUT2D eigenvalue weighted by molar-refractivity contribution is 8.00. The Hall–Kier alpha value is -1.23. The zero-order chi connectivity index (χ0) is 14.6. The number of nitrogens with zero attached hydrogens (tertiary/aromatic N) is 1. The van der Waals surface area contributed by atoms with Crippen LogP contribution in [0.1, 0.15) is 27.7 Å². The van der Waals surface area contributed by atoms with E-state index in [1.807, 2.05) is 32.6 Å². The molecule has 0 aliphatic carbocycles. The number of nitrogen functional groups attached to an aromatic ring is 1. The molecule has 0 bridgehead atoms. The average molecular weight is 284 g/mol. The van der Waals surface area contributed by atoms with Crippen LogP contribution in [0.15, 0.2) is 23.1 Å². The second-order valence-electron chi connectivity index (χ2n) is 5.00. The van der Waals surface area contributed by atoms with Crippen molar-refractivity contribution in [1.82, 2.24) is 4.90 Å². The zero-order valence-corrected chi connectivity index (χ0v) is 12.6. The molecular weight excluding hydrogens is 263 g/mol. The van der Waals surface area contributed by atoms with Crippen LogP contribution in [0, 0.1) is 5.82 Å². The Kier molecular flexibility index (Phi) is 5.66. The van der Waals surface area contributed by atoms with Gasteiger partial charge in [0.25, 0.3) is 0 Å². The molecule has 0 radical (unpaired) electrons. The first-order chi connectivity index (χ1) is 8.81. The fraction of sp³-hybridized carbons (Fsp3) is 0.500. The molecule has 1 amide bonds. The molecule has 106 valence electrons. The molecule has 0 atom stereocenters. The molecule has 0 unspecified atom stereocenters.